The SMILES string of the molecule is N#C/C(=C/c1cc(Cl)ccc1OCC(=O)Nc1ccccc1F)C(=O)Nc1cccc(Cl)c1. The number of nitriles is 1. The van der Waals surface area contributed by atoms with E-state index in [9.17, 15) is 19.2 Å². The van der Waals surface area contributed by atoms with Crippen LogP contribution in [0.3, 0.4) is 0 Å². The molecule has 166 valence electrons. The van der Waals surface area contributed by atoms with Crippen molar-refractivity contribution in [2.24, 2.45) is 0 Å². The van der Waals surface area contributed by atoms with E-state index in [0.29, 0.717) is 21.3 Å². The van der Waals surface area contributed by atoms with E-state index in [4.69, 9.17) is 27.9 Å². The van der Waals surface area contributed by atoms with Gasteiger partial charge in [0.1, 0.15) is 23.2 Å². The number of amides is 2. The van der Waals surface area contributed by atoms with Gasteiger partial charge in [0.05, 0.1) is 5.69 Å². The molecule has 0 aliphatic heterocycles. The molecule has 0 aromatic heterocycles. The number of anilines is 2. The fourth-order valence-electron chi connectivity index (χ4n) is 2.72. The first kappa shape index (κ1) is 23.8. The molecule has 0 aliphatic carbocycles. The summed E-state index contributed by atoms with van der Waals surface area (Å²) in [6.45, 7) is -0.437. The van der Waals surface area contributed by atoms with Gasteiger partial charge in [0.15, 0.2) is 6.61 Å². The van der Waals surface area contributed by atoms with E-state index >= 15 is 0 Å². The molecular formula is C24H16Cl2FN3O3. The molecule has 3 aromatic carbocycles. The maximum Gasteiger partial charge on any atom is 0.266 e. The molecular weight excluding hydrogens is 468 g/mol. The van der Waals surface area contributed by atoms with E-state index in [1.54, 1.807) is 24.3 Å². The summed E-state index contributed by atoms with van der Waals surface area (Å²) in [6.07, 6.45) is 1.29. The standard InChI is InChI=1S/C24H16Cl2FN3O3/c25-17-4-3-5-19(12-17)29-24(32)16(13-28)10-15-11-18(26)8-9-22(15)33-14-23(31)30-21-7-2-1-6-20(21)27/h1-12H,14H2,(H,29,32)(H,30,31)/b16-10-. The summed E-state index contributed by atoms with van der Waals surface area (Å²) in [6, 6.07) is 18.5. The number of carbonyl (C=O) groups excluding carboxylic acids is 2. The van der Waals surface area contributed by atoms with Crippen LogP contribution in [-0.2, 0) is 9.59 Å². The number of nitrogens with zero attached hydrogens (tertiary/aromatic N) is 1. The molecule has 0 heterocycles. The van der Waals surface area contributed by atoms with Crippen LogP contribution in [-0.4, -0.2) is 18.4 Å². The lowest BCUT2D eigenvalue weighted by Gasteiger charge is -2.11. The van der Waals surface area contributed by atoms with E-state index < -0.39 is 24.2 Å². The zero-order valence-electron chi connectivity index (χ0n) is 16.9. The Kier molecular flexibility index (Phi) is 8.03. The number of hydrogen-bond acceptors (Lipinski definition) is 4. The van der Waals surface area contributed by atoms with Gasteiger partial charge in [-0.3, -0.25) is 9.59 Å². The highest BCUT2D eigenvalue weighted by Crippen LogP contribution is 2.26. The van der Waals surface area contributed by atoms with Crippen LogP contribution in [0.1, 0.15) is 5.56 Å². The Labute approximate surface area is 199 Å². The van der Waals surface area contributed by atoms with E-state index in [1.165, 1.54) is 48.5 Å². The van der Waals surface area contributed by atoms with Gasteiger partial charge in [-0.25, -0.2) is 4.39 Å². The number of nitrogens with one attached hydrogen (secondary N) is 2. The van der Waals surface area contributed by atoms with Crippen molar-refractivity contribution in [2.75, 3.05) is 17.2 Å². The lowest BCUT2D eigenvalue weighted by molar-refractivity contribution is -0.118. The van der Waals surface area contributed by atoms with Crippen molar-refractivity contribution in [2.45, 2.75) is 0 Å². The van der Waals surface area contributed by atoms with Crippen LogP contribution in [0.4, 0.5) is 15.8 Å². The number of ether oxygens (including phenoxy) is 1. The minimum absolute atomic E-state index is 0.0202. The van der Waals surface area contributed by atoms with Gasteiger partial charge in [0.2, 0.25) is 0 Å². The van der Waals surface area contributed by atoms with Crippen molar-refractivity contribution in [1.82, 2.24) is 0 Å². The summed E-state index contributed by atoms with van der Waals surface area (Å²) in [5.41, 5.74) is 0.518. The molecule has 0 unspecified atom stereocenters. The van der Waals surface area contributed by atoms with E-state index in [0.717, 1.165) is 0 Å². The van der Waals surface area contributed by atoms with E-state index in [2.05, 4.69) is 10.6 Å². The van der Waals surface area contributed by atoms with Crippen molar-refractivity contribution in [1.29, 1.82) is 5.26 Å². The fourth-order valence-corrected chi connectivity index (χ4v) is 3.10. The number of para-hydroxylation sites is 1. The Morgan fingerprint density at radius 1 is 1.00 bits per heavy atom. The van der Waals surface area contributed by atoms with Gasteiger partial charge in [-0.1, -0.05) is 41.4 Å². The normalized spacial score (nSPS) is 10.8. The van der Waals surface area contributed by atoms with Crippen LogP contribution in [0, 0.1) is 17.1 Å². The number of halogens is 3. The van der Waals surface area contributed by atoms with Crippen LogP contribution >= 0.6 is 23.2 Å². The molecule has 2 amide bonds. The highest BCUT2D eigenvalue weighted by atomic mass is 35.5. The second-order valence-electron chi connectivity index (χ2n) is 6.63. The van der Waals surface area contributed by atoms with Crippen LogP contribution in [0.25, 0.3) is 6.08 Å². The summed E-state index contributed by atoms with van der Waals surface area (Å²) in [4.78, 5) is 24.7. The van der Waals surface area contributed by atoms with Gasteiger partial charge < -0.3 is 15.4 Å². The second-order valence-corrected chi connectivity index (χ2v) is 7.51. The highest BCUT2D eigenvalue weighted by Gasteiger charge is 2.14. The summed E-state index contributed by atoms with van der Waals surface area (Å²) < 4.78 is 19.2. The van der Waals surface area contributed by atoms with Crippen molar-refractivity contribution >= 4 is 52.5 Å². The van der Waals surface area contributed by atoms with Gasteiger partial charge in [0.25, 0.3) is 11.8 Å². The second kappa shape index (κ2) is 11.1. The molecule has 9 heteroatoms. The number of carbonyl (C=O) groups is 2. The first-order valence-electron chi connectivity index (χ1n) is 9.51. The van der Waals surface area contributed by atoms with Crippen molar-refractivity contribution in [3.63, 3.8) is 0 Å². The Hall–Kier alpha value is -3.86. The van der Waals surface area contributed by atoms with Crippen molar-refractivity contribution in [3.05, 3.63) is 93.7 Å². The maximum atomic E-state index is 13.7. The molecule has 0 saturated carbocycles. The third-order valence-electron chi connectivity index (χ3n) is 4.23. The zero-order valence-corrected chi connectivity index (χ0v) is 18.5. The first-order chi connectivity index (χ1) is 15.9. The molecule has 0 bridgehead atoms. The number of rotatable bonds is 7. The molecule has 0 spiro atoms. The average molecular weight is 484 g/mol. The quantitative estimate of drug-likeness (QED) is 0.333. The third-order valence-corrected chi connectivity index (χ3v) is 4.70. The molecule has 0 radical (unpaired) electrons. The molecule has 33 heavy (non-hydrogen) atoms. The minimum atomic E-state index is -0.664. The molecule has 0 atom stereocenters. The van der Waals surface area contributed by atoms with E-state index in [-0.39, 0.29) is 17.0 Å². The summed E-state index contributed by atoms with van der Waals surface area (Å²) in [7, 11) is 0. The lowest BCUT2D eigenvalue weighted by Crippen LogP contribution is -2.21. The summed E-state index contributed by atoms with van der Waals surface area (Å²) in [5, 5.41) is 15.2. The molecule has 0 saturated heterocycles. The Bertz CT molecular complexity index is 1270. The monoisotopic (exact) mass is 483 g/mol. The molecule has 3 aromatic rings. The van der Waals surface area contributed by atoms with Crippen molar-refractivity contribution in [3.8, 4) is 11.8 Å². The number of hydrogen-bond donors (Lipinski definition) is 2. The number of benzene rings is 3. The topological polar surface area (TPSA) is 91.2 Å². The van der Waals surface area contributed by atoms with Gasteiger partial charge in [0, 0.05) is 21.3 Å². The molecule has 6 nitrogen and oxygen atoms in total. The van der Waals surface area contributed by atoms with Gasteiger partial charge in [-0.2, -0.15) is 5.26 Å². The summed E-state index contributed by atoms with van der Waals surface area (Å²) >= 11 is 12.0. The first-order valence-corrected chi connectivity index (χ1v) is 10.3. The highest BCUT2D eigenvalue weighted by molar-refractivity contribution is 6.31. The van der Waals surface area contributed by atoms with Gasteiger partial charge in [-0.05, 0) is 54.6 Å². The minimum Gasteiger partial charge on any atom is -0.483 e. The Morgan fingerprint density at radius 2 is 1.76 bits per heavy atom. The van der Waals surface area contributed by atoms with Crippen molar-refractivity contribution < 1.29 is 18.7 Å². The van der Waals surface area contributed by atoms with Crippen LogP contribution in [0.5, 0.6) is 5.75 Å². The van der Waals surface area contributed by atoms with Crippen LogP contribution in [0.15, 0.2) is 72.3 Å². The van der Waals surface area contributed by atoms with E-state index in [1.807, 2.05) is 6.07 Å². The Balaban J connectivity index is 1.75. The van der Waals surface area contributed by atoms with Crippen LogP contribution in [0.2, 0.25) is 10.0 Å². The molecule has 3 rings (SSSR count). The predicted octanol–water partition coefficient (Wildman–Crippen LogP) is 5.70. The van der Waals surface area contributed by atoms with Crippen LogP contribution < -0.4 is 15.4 Å². The average Bonchev–Trinajstić information content (AvgIpc) is 2.78. The largest absolute Gasteiger partial charge is 0.483 e. The fraction of sp³-hybridized carbons (Fsp3) is 0.0417. The predicted molar refractivity (Wildman–Crippen MR) is 126 cm³/mol. The smallest absolute Gasteiger partial charge is 0.266 e. The van der Waals surface area contributed by atoms with Gasteiger partial charge in [-0.15, -0.1) is 0 Å². The maximum absolute atomic E-state index is 13.7. The molecule has 0 aliphatic rings. The Morgan fingerprint density at radius 3 is 2.48 bits per heavy atom. The lowest BCUT2D eigenvalue weighted by atomic mass is 10.1. The zero-order chi connectivity index (χ0) is 23.8. The molecule has 0 fully saturated rings. The summed E-state index contributed by atoms with van der Waals surface area (Å²) in [5.74, 6) is -1.64. The third kappa shape index (κ3) is 6.81. The van der Waals surface area contributed by atoms with Gasteiger partial charge >= 0.3 is 0 Å². The molecule has 2 N–H and O–H groups in total.